The summed E-state index contributed by atoms with van der Waals surface area (Å²) in [7, 11) is 0. The molecule has 0 amide bonds. The number of halogens is 2. The topological polar surface area (TPSA) is 37.8 Å². The van der Waals surface area contributed by atoms with Gasteiger partial charge >= 0.3 is 0 Å². The highest BCUT2D eigenvalue weighted by Crippen LogP contribution is 2.29. The molecule has 1 unspecified atom stereocenters. The zero-order valence-corrected chi connectivity index (χ0v) is 11.6. The van der Waals surface area contributed by atoms with E-state index in [2.05, 4.69) is 22.2 Å². The quantitative estimate of drug-likeness (QED) is 0.854. The Kier molecular flexibility index (Phi) is 4.04. The van der Waals surface area contributed by atoms with E-state index >= 15 is 0 Å². The first kappa shape index (κ1) is 13.1. The molecule has 0 radical (unpaired) electrons. The third-order valence-corrected chi connectivity index (χ3v) is 3.18. The van der Waals surface area contributed by atoms with Crippen LogP contribution in [0.15, 0.2) is 30.6 Å². The van der Waals surface area contributed by atoms with Crippen molar-refractivity contribution in [3.63, 3.8) is 0 Å². The fourth-order valence-electron chi connectivity index (χ4n) is 1.72. The molecule has 2 aromatic heterocycles. The van der Waals surface area contributed by atoms with Crippen LogP contribution in [0, 0.1) is 6.92 Å². The lowest BCUT2D eigenvalue weighted by Gasteiger charge is -2.18. The molecule has 5 heteroatoms. The normalized spacial score (nSPS) is 12.2. The van der Waals surface area contributed by atoms with E-state index in [1.807, 2.05) is 19.1 Å². The second-order valence-electron chi connectivity index (χ2n) is 4.07. The number of aromatic nitrogens is 2. The molecule has 18 heavy (non-hydrogen) atoms. The molecular formula is C13H13Cl2N3. The number of rotatable bonds is 3. The van der Waals surface area contributed by atoms with Crippen LogP contribution in [0.2, 0.25) is 10.3 Å². The van der Waals surface area contributed by atoms with Gasteiger partial charge in [0, 0.05) is 18.4 Å². The Balaban J connectivity index is 2.25. The summed E-state index contributed by atoms with van der Waals surface area (Å²) in [6.45, 7) is 4.00. The molecule has 2 aromatic rings. The number of nitrogens with zero attached hydrogens (tertiary/aromatic N) is 2. The molecule has 3 nitrogen and oxygen atoms in total. The number of hydrogen-bond donors (Lipinski definition) is 1. The third kappa shape index (κ3) is 2.92. The van der Waals surface area contributed by atoms with Crippen LogP contribution in [0.5, 0.6) is 0 Å². The van der Waals surface area contributed by atoms with Gasteiger partial charge in [-0.3, -0.25) is 4.98 Å². The summed E-state index contributed by atoms with van der Waals surface area (Å²) in [6.07, 6.45) is 3.53. The third-order valence-electron chi connectivity index (χ3n) is 2.71. The average molecular weight is 282 g/mol. The van der Waals surface area contributed by atoms with Crippen LogP contribution in [0.1, 0.15) is 24.1 Å². The van der Waals surface area contributed by atoms with Crippen molar-refractivity contribution in [3.05, 3.63) is 52.0 Å². The van der Waals surface area contributed by atoms with Crippen molar-refractivity contribution in [1.29, 1.82) is 0 Å². The average Bonchev–Trinajstić information content (AvgIpc) is 2.34. The van der Waals surface area contributed by atoms with Gasteiger partial charge < -0.3 is 5.32 Å². The van der Waals surface area contributed by atoms with Gasteiger partial charge in [-0.15, -0.1) is 0 Å². The Morgan fingerprint density at radius 2 is 1.89 bits per heavy atom. The van der Waals surface area contributed by atoms with Crippen molar-refractivity contribution < 1.29 is 0 Å². The number of aryl methyl sites for hydroxylation is 1. The molecule has 0 aliphatic heterocycles. The standard InChI is InChI=1S/C13H13Cl2N3/c1-8-7-11(14)18-13(15)12(8)17-9(2)10-3-5-16-6-4-10/h3-7,9,17H,1-2H3. The molecule has 2 heterocycles. The van der Waals surface area contributed by atoms with Crippen LogP contribution in [-0.4, -0.2) is 9.97 Å². The van der Waals surface area contributed by atoms with Crippen molar-refractivity contribution in [2.75, 3.05) is 5.32 Å². The molecule has 2 rings (SSSR count). The van der Waals surface area contributed by atoms with Crippen molar-refractivity contribution in [2.24, 2.45) is 0 Å². The maximum absolute atomic E-state index is 6.10. The van der Waals surface area contributed by atoms with Crippen molar-refractivity contribution in [1.82, 2.24) is 9.97 Å². The lowest BCUT2D eigenvalue weighted by molar-refractivity contribution is 0.876. The first-order valence-corrected chi connectivity index (χ1v) is 6.32. The second kappa shape index (κ2) is 5.55. The van der Waals surface area contributed by atoms with Crippen molar-refractivity contribution in [2.45, 2.75) is 19.9 Å². The van der Waals surface area contributed by atoms with Gasteiger partial charge in [-0.1, -0.05) is 23.2 Å². The molecule has 94 valence electrons. The molecular weight excluding hydrogens is 269 g/mol. The van der Waals surface area contributed by atoms with Gasteiger partial charge in [-0.25, -0.2) is 4.98 Å². The van der Waals surface area contributed by atoms with Crippen LogP contribution in [0.25, 0.3) is 0 Å². The van der Waals surface area contributed by atoms with E-state index in [1.165, 1.54) is 0 Å². The highest BCUT2D eigenvalue weighted by Gasteiger charge is 2.11. The monoisotopic (exact) mass is 281 g/mol. The second-order valence-corrected chi connectivity index (χ2v) is 4.82. The minimum atomic E-state index is 0.118. The summed E-state index contributed by atoms with van der Waals surface area (Å²) in [6, 6.07) is 5.83. The van der Waals surface area contributed by atoms with Gasteiger partial charge in [-0.2, -0.15) is 0 Å². The molecule has 0 spiro atoms. The van der Waals surface area contributed by atoms with E-state index in [4.69, 9.17) is 23.2 Å². The molecule has 0 aliphatic carbocycles. The van der Waals surface area contributed by atoms with Crippen molar-refractivity contribution >= 4 is 28.9 Å². The van der Waals surface area contributed by atoms with Crippen LogP contribution >= 0.6 is 23.2 Å². The molecule has 0 saturated carbocycles. The lowest BCUT2D eigenvalue weighted by Crippen LogP contribution is -2.08. The maximum Gasteiger partial charge on any atom is 0.154 e. The first-order valence-electron chi connectivity index (χ1n) is 5.57. The smallest absolute Gasteiger partial charge is 0.154 e. The Morgan fingerprint density at radius 1 is 1.22 bits per heavy atom. The summed E-state index contributed by atoms with van der Waals surface area (Å²) in [4.78, 5) is 8.04. The summed E-state index contributed by atoms with van der Waals surface area (Å²) < 4.78 is 0. The van der Waals surface area contributed by atoms with Gasteiger partial charge in [0.25, 0.3) is 0 Å². The Bertz CT molecular complexity index is 520. The van der Waals surface area contributed by atoms with Crippen LogP contribution < -0.4 is 5.32 Å². The maximum atomic E-state index is 6.10. The predicted molar refractivity (Wildman–Crippen MR) is 75.3 cm³/mol. The van der Waals surface area contributed by atoms with Crippen LogP contribution in [0.4, 0.5) is 5.69 Å². The molecule has 0 aromatic carbocycles. The van der Waals surface area contributed by atoms with Gasteiger partial charge in [0.1, 0.15) is 5.15 Å². The minimum Gasteiger partial charge on any atom is -0.376 e. The lowest BCUT2D eigenvalue weighted by atomic mass is 10.1. The fourth-order valence-corrected chi connectivity index (χ4v) is 2.31. The first-order chi connectivity index (χ1) is 8.58. The molecule has 0 fully saturated rings. The van der Waals surface area contributed by atoms with Gasteiger partial charge in [-0.05, 0) is 43.2 Å². The zero-order valence-electron chi connectivity index (χ0n) is 10.1. The van der Waals surface area contributed by atoms with E-state index in [0.29, 0.717) is 10.3 Å². The van der Waals surface area contributed by atoms with E-state index < -0.39 is 0 Å². The largest absolute Gasteiger partial charge is 0.376 e. The highest BCUT2D eigenvalue weighted by molar-refractivity contribution is 6.34. The summed E-state index contributed by atoms with van der Waals surface area (Å²) in [5, 5.41) is 4.13. The van der Waals surface area contributed by atoms with Crippen LogP contribution in [0.3, 0.4) is 0 Å². The number of hydrogen-bond acceptors (Lipinski definition) is 3. The minimum absolute atomic E-state index is 0.118. The molecule has 0 bridgehead atoms. The highest BCUT2D eigenvalue weighted by atomic mass is 35.5. The molecule has 0 saturated heterocycles. The number of nitrogens with one attached hydrogen (secondary N) is 1. The Morgan fingerprint density at radius 3 is 2.50 bits per heavy atom. The zero-order chi connectivity index (χ0) is 13.1. The molecule has 1 atom stereocenters. The fraction of sp³-hybridized carbons (Fsp3) is 0.231. The Hall–Kier alpha value is -1.32. The predicted octanol–water partition coefficient (Wildman–Crippen LogP) is 4.26. The molecule has 0 aliphatic rings. The number of anilines is 1. The van der Waals surface area contributed by atoms with Gasteiger partial charge in [0.2, 0.25) is 0 Å². The summed E-state index contributed by atoms with van der Waals surface area (Å²) in [5.74, 6) is 0. The van der Waals surface area contributed by atoms with E-state index in [1.54, 1.807) is 18.5 Å². The van der Waals surface area contributed by atoms with E-state index in [0.717, 1.165) is 16.8 Å². The Labute approximate surface area is 116 Å². The summed E-state index contributed by atoms with van der Waals surface area (Å²) in [5.41, 5.74) is 2.92. The van der Waals surface area contributed by atoms with E-state index in [9.17, 15) is 0 Å². The number of pyridine rings is 2. The van der Waals surface area contributed by atoms with Crippen LogP contribution in [-0.2, 0) is 0 Å². The molecule has 1 N–H and O–H groups in total. The summed E-state index contributed by atoms with van der Waals surface area (Å²) >= 11 is 11.9. The SMILES string of the molecule is Cc1cc(Cl)nc(Cl)c1NC(C)c1ccncc1. The van der Waals surface area contributed by atoms with E-state index in [-0.39, 0.29) is 6.04 Å². The van der Waals surface area contributed by atoms with Crippen molar-refractivity contribution in [3.8, 4) is 0 Å². The van der Waals surface area contributed by atoms with Gasteiger partial charge in [0.05, 0.1) is 5.69 Å². The van der Waals surface area contributed by atoms with Gasteiger partial charge in [0.15, 0.2) is 5.15 Å².